The van der Waals surface area contributed by atoms with E-state index in [4.69, 9.17) is 0 Å². The zero-order valence-electron chi connectivity index (χ0n) is 17.1. The van der Waals surface area contributed by atoms with Crippen molar-refractivity contribution in [3.8, 4) is 0 Å². The lowest BCUT2D eigenvalue weighted by Gasteiger charge is -2.18. The second-order valence-electron chi connectivity index (χ2n) is 7.55. The van der Waals surface area contributed by atoms with Crippen LogP contribution in [0, 0.1) is 5.82 Å². The summed E-state index contributed by atoms with van der Waals surface area (Å²) in [6, 6.07) is 6.53. The van der Waals surface area contributed by atoms with Crippen molar-refractivity contribution in [2.24, 2.45) is 14.1 Å². The summed E-state index contributed by atoms with van der Waals surface area (Å²) in [5, 5.41) is 0. The van der Waals surface area contributed by atoms with E-state index >= 15 is 0 Å². The van der Waals surface area contributed by atoms with E-state index in [-0.39, 0.29) is 24.4 Å². The molecule has 1 aromatic heterocycles. The maximum atomic E-state index is 13.1. The van der Waals surface area contributed by atoms with Crippen LogP contribution in [-0.4, -0.2) is 41.5 Å². The summed E-state index contributed by atoms with van der Waals surface area (Å²) in [7, 11) is 0.0518. The lowest BCUT2D eigenvalue weighted by molar-refractivity contribution is 0.426. The number of hydrogen-bond acceptors (Lipinski definition) is 6. The van der Waals surface area contributed by atoms with Gasteiger partial charge in [-0.05, 0) is 37.0 Å². The van der Waals surface area contributed by atoms with Crippen LogP contribution in [0.3, 0.4) is 0 Å². The number of sulfonamides is 1. The van der Waals surface area contributed by atoms with Crippen LogP contribution < -0.4 is 22.1 Å². The molecule has 30 heavy (non-hydrogen) atoms. The first-order valence-electron chi connectivity index (χ1n) is 9.60. The molecule has 2 heterocycles. The monoisotopic (exact) mass is 439 g/mol. The molecule has 0 aliphatic carbocycles. The maximum Gasteiger partial charge on any atom is 0.330 e. The number of nitrogens with one attached hydrogen (secondary N) is 2. The van der Waals surface area contributed by atoms with Gasteiger partial charge in [0.05, 0.1) is 0 Å². The Morgan fingerprint density at radius 2 is 1.83 bits per heavy atom. The summed E-state index contributed by atoms with van der Waals surface area (Å²) in [5.74, 6) is -0.279. The molecule has 0 radical (unpaired) electrons. The van der Waals surface area contributed by atoms with Gasteiger partial charge in [-0.1, -0.05) is 12.1 Å². The van der Waals surface area contributed by atoms with Crippen LogP contribution >= 0.6 is 0 Å². The summed E-state index contributed by atoms with van der Waals surface area (Å²) in [6.45, 7) is 0.230. The molecule has 11 heteroatoms. The Kier molecular flexibility index (Phi) is 6.56. The Bertz CT molecular complexity index is 1130. The zero-order valence-corrected chi connectivity index (χ0v) is 17.9. The van der Waals surface area contributed by atoms with Crippen LogP contribution in [0.1, 0.15) is 30.9 Å². The number of aromatic nitrogens is 2. The van der Waals surface area contributed by atoms with Crippen LogP contribution in [0.25, 0.3) is 0 Å². The Morgan fingerprint density at radius 3 is 2.50 bits per heavy atom. The zero-order chi connectivity index (χ0) is 22.1. The summed E-state index contributed by atoms with van der Waals surface area (Å²) in [6.07, 6.45) is 3.16. The number of rotatable bonds is 7. The van der Waals surface area contributed by atoms with Gasteiger partial charge in [0, 0.05) is 46.0 Å². The molecule has 2 atom stereocenters. The highest BCUT2D eigenvalue weighted by atomic mass is 32.2. The third-order valence-corrected chi connectivity index (χ3v) is 7.22. The third kappa shape index (κ3) is 4.53. The van der Waals surface area contributed by atoms with Crippen molar-refractivity contribution >= 4 is 10.0 Å². The second-order valence-corrected chi connectivity index (χ2v) is 9.56. The van der Waals surface area contributed by atoms with E-state index in [1.807, 2.05) is 0 Å². The number of nitrogens with zero attached hydrogens (tertiary/aromatic N) is 3. The Morgan fingerprint density at radius 1 is 1.17 bits per heavy atom. The van der Waals surface area contributed by atoms with E-state index in [1.54, 1.807) is 12.1 Å². The van der Waals surface area contributed by atoms with Gasteiger partial charge in [0.25, 0.3) is 5.56 Å². The molecule has 2 aromatic rings. The van der Waals surface area contributed by atoms with Gasteiger partial charge in [-0.3, -0.25) is 20.2 Å². The molecule has 2 N–H and O–H groups in total. The predicted octanol–water partition coefficient (Wildman–Crippen LogP) is 0.232. The normalized spacial score (nSPS) is 19.5. The van der Waals surface area contributed by atoms with Gasteiger partial charge in [-0.15, -0.1) is 0 Å². The van der Waals surface area contributed by atoms with Gasteiger partial charge in [-0.25, -0.2) is 21.9 Å². The van der Waals surface area contributed by atoms with Crippen molar-refractivity contribution in [1.29, 1.82) is 0 Å². The highest BCUT2D eigenvalue weighted by molar-refractivity contribution is 7.89. The van der Waals surface area contributed by atoms with E-state index in [1.165, 1.54) is 33.3 Å². The highest BCUT2D eigenvalue weighted by Crippen LogP contribution is 2.24. The quantitative estimate of drug-likeness (QED) is 0.640. The van der Waals surface area contributed by atoms with Crippen LogP contribution in [0.4, 0.5) is 4.39 Å². The minimum Gasteiger partial charge on any atom is -0.302 e. The summed E-state index contributed by atoms with van der Waals surface area (Å²) < 4.78 is 41.7. The number of benzene rings is 1. The van der Waals surface area contributed by atoms with Crippen molar-refractivity contribution in [2.45, 2.75) is 36.2 Å². The molecule has 1 saturated heterocycles. The Labute approximate surface area is 174 Å². The largest absolute Gasteiger partial charge is 0.330 e. The molecular weight excluding hydrogens is 413 g/mol. The smallest absolute Gasteiger partial charge is 0.302 e. The lowest BCUT2D eigenvalue weighted by Crippen LogP contribution is -2.42. The van der Waals surface area contributed by atoms with Gasteiger partial charge in [0.15, 0.2) is 4.90 Å². The number of halogens is 1. The lowest BCUT2D eigenvalue weighted by atomic mass is 10.00. The minimum absolute atomic E-state index is 0.0608. The second kappa shape index (κ2) is 8.80. The molecule has 0 amide bonds. The summed E-state index contributed by atoms with van der Waals surface area (Å²) in [5.41, 5.74) is 5.93. The molecule has 164 valence electrons. The standard InChI is InChI=1S/C19H26FN5O4S/c1-23-12-17(18(26)25(3)19(23)27)30(28,29)24(2)10-4-5-15-11-16(22-21-15)13-6-8-14(20)9-7-13/h6-9,12,15-16,21-22H,4-5,10-11H2,1-3H3. The molecule has 1 aromatic carbocycles. The number of hydrazine groups is 1. The van der Waals surface area contributed by atoms with E-state index in [0.717, 1.165) is 38.0 Å². The van der Waals surface area contributed by atoms with Crippen molar-refractivity contribution in [2.75, 3.05) is 13.6 Å². The van der Waals surface area contributed by atoms with Crippen LogP contribution in [-0.2, 0) is 24.1 Å². The fraction of sp³-hybridized carbons (Fsp3) is 0.474. The maximum absolute atomic E-state index is 13.1. The predicted molar refractivity (Wildman–Crippen MR) is 110 cm³/mol. The highest BCUT2D eigenvalue weighted by Gasteiger charge is 2.28. The molecule has 1 aliphatic heterocycles. The van der Waals surface area contributed by atoms with Crippen LogP contribution in [0.15, 0.2) is 44.9 Å². The molecule has 0 spiro atoms. The molecule has 9 nitrogen and oxygen atoms in total. The van der Waals surface area contributed by atoms with Crippen LogP contribution in [0.5, 0.6) is 0 Å². The molecule has 1 aliphatic rings. The van der Waals surface area contributed by atoms with Gasteiger partial charge < -0.3 is 4.57 Å². The van der Waals surface area contributed by atoms with Gasteiger partial charge in [0.1, 0.15) is 5.82 Å². The van der Waals surface area contributed by atoms with E-state index in [0.29, 0.717) is 6.42 Å². The molecule has 0 saturated carbocycles. The van der Waals surface area contributed by atoms with Crippen molar-refractivity contribution in [1.82, 2.24) is 24.3 Å². The van der Waals surface area contributed by atoms with Gasteiger partial charge in [0.2, 0.25) is 10.0 Å². The molecule has 2 unspecified atom stereocenters. The van der Waals surface area contributed by atoms with E-state index < -0.39 is 26.2 Å². The van der Waals surface area contributed by atoms with Crippen LogP contribution in [0.2, 0.25) is 0 Å². The third-order valence-electron chi connectivity index (χ3n) is 5.38. The number of hydrogen-bond donors (Lipinski definition) is 2. The average molecular weight is 440 g/mol. The van der Waals surface area contributed by atoms with E-state index in [2.05, 4.69) is 10.9 Å². The minimum atomic E-state index is -4.02. The topological polar surface area (TPSA) is 105 Å². The molecule has 0 bridgehead atoms. The first-order chi connectivity index (χ1) is 14.1. The molecular formula is C19H26FN5O4S. The van der Waals surface area contributed by atoms with Crippen molar-refractivity contribution in [3.05, 3.63) is 62.7 Å². The SMILES string of the molecule is CN(CCCC1CC(c2ccc(F)cc2)NN1)S(=O)(=O)c1cn(C)c(=O)n(C)c1=O. The fourth-order valence-electron chi connectivity index (χ4n) is 3.53. The van der Waals surface area contributed by atoms with Crippen molar-refractivity contribution in [3.63, 3.8) is 0 Å². The molecule has 1 fully saturated rings. The first kappa shape index (κ1) is 22.3. The Balaban J connectivity index is 1.58. The Hall–Kier alpha value is -2.34. The van der Waals surface area contributed by atoms with E-state index in [9.17, 15) is 22.4 Å². The first-order valence-corrected chi connectivity index (χ1v) is 11.0. The molecule has 3 rings (SSSR count). The number of aryl methyl sites for hydroxylation is 1. The average Bonchev–Trinajstić information content (AvgIpc) is 3.18. The summed E-state index contributed by atoms with van der Waals surface area (Å²) in [4.78, 5) is 23.6. The van der Waals surface area contributed by atoms with Gasteiger partial charge >= 0.3 is 5.69 Å². The fourth-order valence-corrected chi connectivity index (χ4v) is 4.88. The summed E-state index contributed by atoms with van der Waals surface area (Å²) >= 11 is 0. The van der Waals surface area contributed by atoms with Gasteiger partial charge in [-0.2, -0.15) is 0 Å². The van der Waals surface area contributed by atoms with Crippen molar-refractivity contribution < 1.29 is 12.8 Å².